The second-order valence-electron chi connectivity index (χ2n) is 7.14. The van der Waals surface area contributed by atoms with E-state index in [1.807, 2.05) is 30.3 Å². The zero-order valence-corrected chi connectivity index (χ0v) is 17.9. The first-order valence-electron chi connectivity index (χ1n) is 10.1. The van der Waals surface area contributed by atoms with Gasteiger partial charge >= 0.3 is 0 Å². The molecule has 0 aliphatic heterocycles. The van der Waals surface area contributed by atoms with Crippen LogP contribution in [0, 0.1) is 0 Å². The van der Waals surface area contributed by atoms with Gasteiger partial charge in [-0.3, -0.25) is 9.59 Å². The third-order valence-electron chi connectivity index (χ3n) is 4.80. The molecule has 0 spiro atoms. The lowest BCUT2D eigenvalue weighted by molar-refractivity contribution is -0.117. The molecule has 4 rings (SSSR count). The first-order chi connectivity index (χ1) is 15.6. The molecule has 1 heterocycles. The van der Waals surface area contributed by atoms with Crippen LogP contribution in [-0.2, 0) is 11.2 Å². The molecule has 0 aliphatic rings. The highest BCUT2D eigenvalue weighted by atomic mass is 35.5. The third kappa shape index (κ3) is 5.42. The molecule has 0 aliphatic carbocycles. The Bertz CT molecular complexity index is 1230. The molecular formula is C25H21ClN4O2. The quantitative estimate of drug-likeness (QED) is 0.370. The molecule has 0 fully saturated rings. The van der Waals surface area contributed by atoms with E-state index in [2.05, 4.69) is 20.6 Å². The fourth-order valence-corrected chi connectivity index (χ4v) is 3.31. The van der Waals surface area contributed by atoms with Crippen LogP contribution in [0.4, 0.5) is 0 Å². The van der Waals surface area contributed by atoms with Crippen molar-refractivity contribution in [3.63, 3.8) is 0 Å². The second-order valence-corrected chi connectivity index (χ2v) is 7.57. The summed E-state index contributed by atoms with van der Waals surface area (Å²) >= 11 is 5.95. The van der Waals surface area contributed by atoms with Gasteiger partial charge in [0.25, 0.3) is 11.8 Å². The summed E-state index contributed by atoms with van der Waals surface area (Å²) in [6, 6.07) is 23.5. The zero-order valence-electron chi connectivity index (χ0n) is 17.1. The van der Waals surface area contributed by atoms with Crippen LogP contribution in [0.1, 0.15) is 21.7 Å². The molecule has 160 valence electrons. The number of aromatic nitrogens is 2. The van der Waals surface area contributed by atoms with Gasteiger partial charge in [0.1, 0.15) is 11.5 Å². The van der Waals surface area contributed by atoms with Crippen molar-refractivity contribution in [2.45, 2.75) is 6.42 Å². The Labute approximate surface area is 190 Å². The summed E-state index contributed by atoms with van der Waals surface area (Å²) in [5.41, 5.74) is 3.18. The number of imidazole rings is 1. The first kappa shape index (κ1) is 21.3. The molecule has 7 heteroatoms. The lowest BCUT2D eigenvalue weighted by Crippen LogP contribution is -2.35. The Hall–Kier alpha value is -3.90. The van der Waals surface area contributed by atoms with Crippen molar-refractivity contribution in [1.29, 1.82) is 0 Å². The molecule has 0 radical (unpaired) electrons. The molecule has 0 saturated heterocycles. The van der Waals surface area contributed by atoms with Crippen molar-refractivity contribution in [2.75, 3.05) is 6.54 Å². The molecule has 0 bridgehead atoms. The highest BCUT2D eigenvalue weighted by Gasteiger charge is 2.14. The van der Waals surface area contributed by atoms with E-state index in [0.29, 0.717) is 23.6 Å². The average molecular weight is 445 g/mol. The van der Waals surface area contributed by atoms with Crippen molar-refractivity contribution in [2.24, 2.45) is 0 Å². The fourth-order valence-electron chi connectivity index (χ4n) is 3.18. The summed E-state index contributed by atoms with van der Waals surface area (Å²) in [6.45, 7) is 0.359. The standard InChI is InChI=1S/C25H21ClN4O2/c26-19-12-10-17(11-13-19)16-22(30-24(31)18-6-2-1-3-7-18)25(32)27-15-14-23-28-20-8-4-5-9-21(20)29-23/h1-13,16H,14-15H2,(H,27,32)(H,28,29)(H,30,31)/b22-16-. The van der Waals surface area contributed by atoms with Crippen LogP contribution in [0.3, 0.4) is 0 Å². The lowest BCUT2D eigenvalue weighted by Gasteiger charge is -2.11. The zero-order chi connectivity index (χ0) is 22.3. The number of amides is 2. The van der Waals surface area contributed by atoms with E-state index in [1.54, 1.807) is 54.6 Å². The number of para-hydroxylation sites is 2. The van der Waals surface area contributed by atoms with Gasteiger partial charge in [-0.05, 0) is 48.0 Å². The Morgan fingerprint density at radius 2 is 1.66 bits per heavy atom. The highest BCUT2D eigenvalue weighted by Crippen LogP contribution is 2.13. The Kier molecular flexibility index (Phi) is 6.63. The Morgan fingerprint density at radius 1 is 0.938 bits per heavy atom. The predicted molar refractivity (Wildman–Crippen MR) is 126 cm³/mol. The number of rotatable bonds is 7. The summed E-state index contributed by atoms with van der Waals surface area (Å²) in [6.07, 6.45) is 2.15. The number of H-pyrrole nitrogens is 1. The van der Waals surface area contributed by atoms with Gasteiger partial charge < -0.3 is 15.6 Å². The maximum absolute atomic E-state index is 12.9. The van der Waals surface area contributed by atoms with Crippen LogP contribution >= 0.6 is 11.6 Å². The van der Waals surface area contributed by atoms with Gasteiger partial charge in [-0.25, -0.2) is 4.98 Å². The second kappa shape index (κ2) is 9.94. The highest BCUT2D eigenvalue weighted by molar-refractivity contribution is 6.30. The largest absolute Gasteiger partial charge is 0.350 e. The van der Waals surface area contributed by atoms with E-state index in [9.17, 15) is 9.59 Å². The van der Waals surface area contributed by atoms with Crippen LogP contribution in [0.2, 0.25) is 5.02 Å². The molecule has 0 unspecified atom stereocenters. The molecule has 6 nitrogen and oxygen atoms in total. The molecule has 32 heavy (non-hydrogen) atoms. The molecule has 0 saturated carbocycles. The number of hydrogen-bond acceptors (Lipinski definition) is 3. The van der Waals surface area contributed by atoms with Gasteiger partial charge in [-0.1, -0.05) is 54.1 Å². The van der Waals surface area contributed by atoms with Crippen LogP contribution < -0.4 is 10.6 Å². The normalized spacial score (nSPS) is 11.3. The minimum atomic E-state index is -0.389. The van der Waals surface area contributed by atoms with Crippen molar-refractivity contribution < 1.29 is 9.59 Å². The monoisotopic (exact) mass is 444 g/mol. The smallest absolute Gasteiger partial charge is 0.267 e. The van der Waals surface area contributed by atoms with Gasteiger partial charge in [0.15, 0.2) is 0 Å². The van der Waals surface area contributed by atoms with Crippen molar-refractivity contribution in [3.05, 3.63) is 107 Å². The maximum atomic E-state index is 12.9. The summed E-state index contributed by atoms with van der Waals surface area (Å²) in [4.78, 5) is 33.3. The topological polar surface area (TPSA) is 86.9 Å². The number of halogens is 1. The molecule has 3 N–H and O–H groups in total. The van der Waals surface area contributed by atoms with Gasteiger partial charge in [0, 0.05) is 23.6 Å². The minimum absolute atomic E-state index is 0.144. The SMILES string of the molecule is O=C(NCCc1nc2ccccc2[nH]1)/C(=C/c1ccc(Cl)cc1)NC(=O)c1ccccc1. The maximum Gasteiger partial charge on any atom is 0.267 e. The number of hydrogen-bond donors (Lipinski definition) is 3. The van der Waals surface area contributed by atoms with Gasteiger partial charge in [0.05, 0.1) is 11.0 Å². The van der Waals surface area contributed by atoms with Crippen LogP contribution in [0.25, 0.3) is 17.1 Å². The number of carbonyl (C=O) groups is 2. The Balaban J connectivity index is 1.47. The summed E-state index contributed by atoms with van der Waals surface area (Å²) in [7, 11) is 0. The Morgan fingerprint density at radius 3 is 2.41 bits per heavy atom. The molecule has 1 aromatic heterocycles. The summed E-state index contributed by atoms with van der Waals surface area (Å²) < 4.78 is 0. The van der Waals surface area contributed by atoms with E-state index in [1.165, 1.54) is 0 Å². The van der Waals surface area contributed by atoms with Crippen molar-refractivity contribution in [3.8, 4) is 0 Å². The van der Waals surface area contributed by atoms with Crippen molar-refractivity contribution in [1.82, 2.24) is 20.6 Å². The fraction of sp³-hybridized carbons (Fsp3) is 0.0800. The van der Waals surface area contributed by atoms with Crippen LogP contribution in [-0.4, -0.2) is 28.3 Å². The first-order valence-corrected chi connectivity index (χ1v) is 10.5. The third-order valence-corrected chi connectivity index (χ3v) is 5.05. The van der Waals surface area contributed by atoms with Gasteiger partial charge in [-0.15, -0.1) is 0 Å². The minimum Gasteiger partial charge on any atom is -0.350 e. The van der Waals surface area contributed by atoms with Crippen LogP contribution in [0.5, 0.6) is 0 Å². The van der Waals surface area contributed by atoms with E-state index >= 15 is 0 Å². The number of aromatic amines is 1. The van der Waals surface area contributed by atoms with Crippen LogP contribution in [0.15, 0.2) is 84.6 Å². The number of nitrogens with zero attached hydrogens (tertiary/aromatic N) is 1. The van der Waals surface area contributed by atoms with Gasteiger partial charge in [0.2, 0.25) is 0 Å². The van der Waals surface area contributed by atoms with E-state index in [4.69, 9.17) is 11.6 Å². The number of carbonyl (C=O) groups excluding carboxylic acids is 2. The van der Waals surface area contributed by atoms with E-state index in [0.717, 1.165) is 22.4 Å². The van der Waals surface area contributed by atoms with E-state index in [-0.39, 0.29) is 17.5 Å². The van der Waals surface area contributed by atoms with Crippen molar-refractivity contribution >= 4 is 40.5 Å². The number of fused-ring (bicyclic) bond motifs is 1. The number of nitrogens with one attached hydrogen (secondary N) is 3. The molecule has 0 atom stereocenters. The summed E-state index contributed by atoms with van der Waals surface area (Å²) in [5, 5.41) is 6.17. The van der Waals surface area contributed by atoms with E-state index < -0.39 is 0 Å². The molecule has 2 amide bonds. The van der Waals surface area contributed by atoms with Gasteiger partial charge in [-0.2, -0.15) is 0 Å². The number of benzene rings is 3. The predicted octanol–water partition coefficient (Wildman–Crippen LogP) is 4.35. The lowest BCUT2D eigenvalue weighted by atomic mass is 10.1. The summed E-state index contributed by atoms with van der Waals surface area (Å²) in [5.74, 6) is 0.0293. The molecular weight excluding hydrogens is 424 g/mol. The average Bonchev–Trinajstić information content (AvgIpc) is 3.23. The molecule has 3 aromatic carbocycles. The molecule has 4 aromatic rings.